The van der Waals surface area contributed by atoms with Crippen molar-refractivity contribution in [1.29, 1.82) is 0 Å². The second-order valence-electron chi connectivity index (χ2n) is 11.9. The van der Waals surface area contributed by atoms with Gasteiger partial charge in [-0.05, 0) is 110 Å². The van der Waals surface area contributed by atoms with Crippen molar-refractivity contribution in [2.24, 2.45) is 0 Å². The molecule has 7 rings (SSSR count). The van der Waals surface area contributed by atoms with Crippen LogP contribution in [0.15, 0.2) is 89.5 Å². The van der Waals surface area contributed by atoms with Crippen LogP contribution in [0, 0.1) is 6.92 Å². The molecule has 6 nitrogen and oxygen atoms in total. The third kappa shape index (κ3) is 5.30. The van der Waals surface area contributed by atoms with Gasteiger partial charge < -0.3 is 5.11 Å². The maximum atomic E-state index is 12.7. The molecule has 0 aliphatic heterocycles. The fraction of sp³-hybridized carbons (Fsp3) is 0.294. The summed E-state index contributed by atoms with van der Waals surface area (Å²) in [6, 6.07) is 27.6. The first-order valence-electron chi connectivity index (χ1n) is 14.1. The molecule has 0 amide bonds. The number of carbonyl (C=O) groups excluding carboxylic acids is 1. The lowest BCUT2D eigenvalue weighted by atomic mass is 9.89. The van der Waals surface area contributed by atoms with Crippen LogP contribution >= 0.6 is 27.5 Å². The summed E-state index contributed by atoms with van der Waals surface area (Å²) >= 11 is 9.33. The summed E-state index contributed by atoms with van der Waals surface area (Å²) in [7, 11) is 0. The number of nitrogens with zero attached hydrogens (tertiary/aromatic N) is 4. The molecule has 0 saturated heterocycles. The lowest BCUT2D eigenvalue weighted by molar-refractivity contribution is 0.0713. The fourth-order valence-electron chi connectivity index (χ4n) is 5.70. The molecule has 8 heteroatoms. The van der Waals surface area contributed by atoms with Crippen molar-refractivity contribution in [3.8, 4) is 0 Å². The molecule has 3 aromatic heterocycles. The molecule has 42 heavy (non-hydrogen) atoms. The minimum atomic E-state index is -0.971. The number of Topliss-reactive ketones (excluding diaryl/α,β-unsaturated/α-hetero) is 1. The largest absolute Gasteiger partial charge is 0.384 e. The van der Waals surface area contributed by atoms with E-state index in [1.165, 1.54) is 11.1 Å². The van der Waals surface area contributed by atoms with Gasteiger partial charge in [-0.1, -0.05) is 70.9 Å². The van der Waals surface area contributed by atoms with E-state index in [1.54, 1.807) is 24.4 Å². The molecule has 0 radical (unpaired) electrons. The fourth-order valence-corrected chi connectivity index (χ4v) is 6.17. The van der Waals surface area contributed by atoms with E-state index in [9.17, 15) is 9.90 Å². The van der Waals surface area contributed by atoms with E-state index in [2.05, 4.69) is 74.5 Å². The van der Waals surface area contributed by atoms with Crippen molar-refractivity contribution in [3.05, 3.63) is 128 Å². The van der Waals surface area contributed by atoms with Crippen LogP contribution in [0.3, 0.4) is 0 Å². The van der Waals surface area contributed by atoms with E-state index in [-0.39, 0.29) is 16.6 Å². The van der Waals surface area contributed by atoms with Crippen LogP contribution in [0.5, 0.6) is 0 Å². The molecule has 3 heterocycles. The minimum Gasteiger partial charge on any atom is -0.384 e. The molecule has 0 unspecified atom stereocenters. The van der Waals surface area contributed by atoms with Crippen LogP contribution in [0.1, 0.15) is 78.1 Å². The number of halogens is 2. The number of rotatable bonds is 6. The van der Waals surface area contributed by atoms with E-state index in [0.717, 1.165) is 53.2 Å². The first kappa shape index (κ1) is 28.7. The Morgan fingerprint density at radius 1 is 0.905 bits per heavy atom. The van der Waals surface area contributed by atoms with Crippen LogP contribution in [-0.2, 0) is 16.4 Å². The normalized spacial score (nSPS) is 16.4. The standard InChI is InChI=1S/C18H18ClN3O.C16H14BrNO/c1-17(2,23)15-5-3-4-14-16(20-21-22(14)15)18(10-11-18)12-6-8-13(19)9-7-12;1-11-5-7-12(8-6-11)16(9-10-16)15(19)13-3-2-4-14(17)18-13/h3-9,23H,10-11H2,1-2H3;2-8H,9-10H2,1H3. The average molecular weight is 644 g/mol. The van der Waals surface area contributed by atoms with Gasteiger partial charge in [-0.15, -0.1) is 5.10 Å². The van der Waals surface area contributed by atoms with E-state index >= 15 is 0 Å². The third-order valence-corrected chi connectivity index (χ3v) is 9.10. The molecule has 214 valence electrons. The zero-order valence-corrected chi connectivity index (χ0v) is 26.2. The van der Waals surface area contributed by atoms with Gasteiger partial charge in [0.2, 0.25) is 0 Å². The summed E-state index contributed by atoms with van der Waals surface area (Å²) in [6.07, 6.45) is 3.94. The highest BCUT2D eigenvalue weighted by atomic mass is 79.9. The van der Waals surface area contributed by atoms with Gasteiger partial charge in [-0.3, -0.25) is 4.79 Å². The van der Waals surface area contributed by atoms with Crippen molar-refractivity contribution < 1.29 is 9.90 Å². The minimum absolute atomic E-state index is 0.0788. The van der Waals surface area contributed by atoms with E-state index in [1.807, 2.05) is 42.5 Å². The summed E-state index contributed by atoms with van der Waals surface area (Å²) in [5.41, 5.74) is 5.39. The highest BCUT2D eigenvalue weighted by Gasteiger charge is 2.52. The van der Waals surface area contributed by atoms with Crippen LogP contribution in [0.25, 0.3) is 5.52 Å². The molecular formula is C34H32BrClN4O2. The third-order valence-electron chi connectivity index (χ3n) is 8.40. The van der Waals surface area contributed by atoms with Gasteiger partial charge in [0.25, 0.3) is 0 Å². The Morgan fingerprint density at radius 2 is 1.55 bits per heavy atom. The predicted octanol–water partition coefficient (Wildman–Crippen LogP) is 7.76. The Balaban J connectivity index is 0.000000153. The molecule has 0 atom stereocenters. The van der Waals surface area contributed by atoms with Gasteiger partial charge >= 0.3 is 0 Å². The van der Waals surface area contributed by atoms with E-state index < -0.39 is 5.60 Å². The number of fused-ring (bicyclic) bond motifs is 1. The lowest BCUT2D eigenvalue weighted by Gasteiger charge is -2.19. The van der Waals surface area contributed by atoms with Gasteiger partial charge in [0.05, 0.1) is 16.6 Å². The van der Waals surface area contributed by atoms with Crippen LogP contribution < -0.4 is 0 Å². The van der Waals surface area contributed by atoms with Crippen molar-refractivity contribution in [2.75, 3.05) is 0 Å². The van der Waals surface area contributed by atoms with Crippen molar-refractivity contribution in [3.63, 3.8) is 0 Å². The number of aromatic nitrogens is 4. The summed E-state index contributed by atoms with van der Waals surface area (Å²) in [4.78, 5) is 17.0. The van der Waals surface area contributed by atoms with Gasteiger partial charge in [0.15, 0.2) is 5.78 Å². The topological polar surface area (TPSA) is 80.4 Å². The van der Waals surface area contributed by atoms with E-state index in [0.29, 0.717) is 10.3 Å². The number of hydrogen-bond acceptors (Lipinski definition) is 5. The maximum absolute atomic E-state index is 12.7. The average Bonchev–Trinajstić information content (AvgIpc) is 3.90. The zero-order chi connectivity index (χ0) is 29.7. The second kappa shape index (κ2) is 10.7. The van der Waals surface area contributed by atoms with Gasteiger partial charge in [0.1, 0.15) is 21.6 Å². The Kier molecular flexibility index (Phi) is 7.32. The van der Waals surface area contributed by atoms with Crippen LogP contribution in [0.4, 0.5) is 0 Å². The van der Waals surface area contributed by atoms with Crippen LogP contribution in [0.2, 0.25) is 5.02 Å². The molecule has 2 aromatic carbocycles. The number of carbonyl (C=O) groups is 1. The van der Waals surface area contributed by atoms with Gasteiger partial charge in [0, 0.05) is 10.4 Å². The number of ketones is 1. The lowest BCUT2D eigenvalue weighted by Crippen LogP contribution is -2.21. The monoisotopic (exact) mass is 642 g/mol. The quantitative estimate of drug-likeness (QED) is 0.151. The predicted molar refractivity (Wildman–Crippen MR) is 168 cm³/mol. The molecule has 0 spiro atoms. The van der Waals surface area contributed by atoms with Gasteiger partial charge in [-0.2, -0.15) is 0 Å². The number of aliphatic hydroxyl groups is 1. The molecular weight excluding hydrogens is 612 g/mol. The number of aryl methyl sites for hydroxylation is 1. The summed E-state index contributed by atoms with van der Waals surface area (Å²) < 4.78 is 2.46. The summed E-state index contributed by atoms with van der Waals surface area (Å²) in [5, 5.41) is 19.9. The molecule has 5 aromatic rings. The first-order valence-corrected chi connectivity index (χ1v) is 15.3. The van der Waals surface area contributed by atoms with Crippen LogP contribution in [-0.4, -0.2) is 30.7 Å². The zero-order valence-electron chi connectivity index (χ0n) is 23.8. The smallest absolute Gasteiger partial charge is 0.191 e. The summed E-state index contributed by atoms with van der Waals surface area (Å²) in [6.45, 7) is 5.57. The Hall–Kier alpha value is -3.39. The Morgan fingerprint density at radius 3 is 2.14 bits per heavy atom. The number of pyridine rings is 2. The van der Waals surface area contributed by atoms with E-state index in [4.69, 9.17) is 11.6 Å². The molecule has 2 aliphatic carbocycles. The number of hydrogen-bond donors (Lipinski definition) is 1. The molecule has 2 fully saturated rings. The van der Waals surface area contributed by atoms with Crippen molar-refractivity contribution in [1.82, 2.24) is 19.8 Å². The highest BCUT2D eigenvalue weighted by Crippen LogP contribution is 2.54. The SMILES string of the molecule is CC(C)(O)c1cccc2c(C3(c4ccc(Cl)cc4)CC3)nnn12.Cc1ccc(C2(C(=O)c3cccc(Br)n3)CC2)cc1. The number of benzene rings is 2. The highest BCUT2D eigenvalue weighted by molar-refractivity contribution is 9.10. The first-order chi connectivity index (χ1) is 20.0. The molecule has 1 N–H and O–H groups in total. The molecule has 2 saturated carbocycles. The van der Waals surface area contributed by atoms with Gasteiger partial charge in [-0.25, -0.2) is 9.50 Å². The summed E-state index contributed by atoms with van der Waals surface area (Å²) in [5.74, 6) is 0.137. The van der Waals surface area contributed by atoms with Crippen molar-refractivity contribution in [2.45, 2.75) is 62.9 Å². The maximum Gasteiger partial charge on any atom is 0.191 e. The van der Waals surface area contributed by atoms with Crippen molar-refractivity contribution >= 4 is 38.8 Å². The Bertz CT molecular complexity index is 1770. The molecule has 2 aliphatic rings. The Labute approximate surface area is 258 Å². The second-order valence-corrected chi connectivity index (χ2v) is 13.2. The molecule has 0 bridgehead atoms.